The highest BCUT2D eigenvalue weighted by atomic mass is 32.2. The number of rotatable bonds is 10. The van der Waals surface area contributed by atoms with Gasteiger partial charge in [-0.25, -0.2) is 4.79 Å². The maximum atomic E-state index is 14.2. The summed E-state index contributed by atoms with van der Waals surface area (Å²) in [6.45, 7) is 9.40. The Morgan fingerprint density at radius 3 is 2.35 bits per heavy atom. The van der Waals surface area contributed by atoms with Gasteiger partial charge in [-0.1, -0.05) is 43.0 Å². The standard InChI is InChI=1S/C29H45N3O4S/c1-19-12-13-20(2)23(18-19)25(26(33)30-21-10-8-7-9-11-21)32(22-14-15-22)27(34)24(16-17-37-6)31-28(35)36-29(3,4)5/h12-13,18,21-22,24-25H,7-11,14-17H2,1-6H3,(H,30,33)(H,31,35). The lowest BCUT2D eigenvalue weighted by molar-refractivity contribution is -0.143. The van der Waals surface area contributed by atoms with Crippen LogP contribution in [-0.4, -0.2) is 58.5 Å². The smallest absolute Gasteiger partial charge is 0.408 e. The second-order valence-electron chi connectivity index (χ2n) is 11.6. The molecule has 2 aliphatic rings. The average Bonchev–Trinajstić information content (AvgIpc) is 3.66. The molecule has 0 aromatic heterocycles. The Hall–Kier alpha value is -2.22. The number of aryl methyl sites for hydroxylation is 2. The first-order chi connectivity index (χ1) is 17.5. The monoisotopic (exact) mass is 531 g/mol. The van der Waals surface area contributed by atoms with Crippen LogP contribution in [0.4, 0.5) is 4.79 Å². The lowest BCUT2D eigenvalue weighted by atomic mass is 9.93. The molecule has 206 valence electrons. The number of nitrogens with one attached hydrogen (secondary N) is 2. The fraction of sp³-hybridized carbons (Fsp3) is 0.690. The van der Waals surface area contributed by atoms with Crippen LogP contribution in [0.25, 0.3) is 0 Å². The van der Waals surface area contributed by atoms with Crippen molar-refractivity contribution in [1.29, 1.82) is 0 Å². The molecule has 2 aliphatic carbocycles. The van der Waals surface area contributed by atoms with Gasteiger partial charge in [0.2, 0.25) is 11.8 Å². The summed E-state index contributed by atoms with van der Waals surface area (Å²) in [6.07, 6.45) is 8.90. The molecule has 2 unspecified atom stereocenters. The number of thioether (sulfide) groups is 1. The van der Waals surface area contributed by atoms with Crippen molar-refractivity contribution < 1.29 is 19.1 Å². The normalized spacial score (nSPS) is 18.0. The Kier molecular flexibility index (Phi) is 10.3. The van der Waals surface area contributed by atoms with Crippen LogP contribution in [0.5, 0.6) is 0 Å². The van der Waals surface area contributed by atoms with Crippen molar-refractivity contribution in [3.05, 3.63) is 34.9 Å². The van der Waals surface area contributed by atoms with Gasteiger partial charge in [-0.3, -0.25) is 9.59 Å². The summed E-state index contributed by atoms with van der Waals surface area (Å²) in [5, 5.41) is 6.11. The molecule has 0 spiro atoms. The van der Waals surface area contributed by atoms with Crippen molar-refractivity contribution >= 4 is 29.7 Å². The largest absolute Gasteiger partial charge is 0.444 e. The van der Waals surface area contributed by atoms with Crippen molar-refractivity contribution in [3.63, 3.8) is 0 Å². The van der Waals surface area contributed by atoms with Gasteiger partial charge in [0.25, 0.3) is 0 Å². The van der Waals surface area contributed by atoms with E-state index >= 15 is 0 Å². The molecule has 2 atom stereocenters. The fourth-order valence-corrected chi connectivity index (χ4v) is 5.46. The second-order valence-corrected chi connectivity index (χ2v) is 12.5. The topological polar surface area (TPSA) is 87.7 Å². The molecule has 0 aliphatic heterocycles. The second kappa shape index (κ2) is 13.0. The van der Waals surface area contributed by atoms with E-state index in [1.165, 1.54) is 6.42 Å². The van der Waals surface area contributed by atoms with Crippen molar-refractivity contribution in [3.8, 4) is 0 Å². The minimum absolute atomic E-state index is 0.0215. The Morgan fingerprint density at radius 2 is 1.76 bits per heavy atom. The van der Waals surface area contributed by atoms with Crippen LogP contribution in [0.3, 0.4) is 0 Å². The third-order valence-electron chi connectivity index (χ3n) is 7.00. The van der Waals surface area contributed by atoms with Crippen LogP contribution in [-0.2, 0) is 14.3 Å². The van der Waals surface area contributed by atoms with Gasteiger partial charge in [-0.15, -0.1) is 0 Å². The van der Waals surface area contributed by atoms with Gasteiger partial charge in [0.1, 0.15) is 17.7 Å². The molecule has 1 aromatic carbocycles. The zero-order chi connectivity index (χ0) is 27.2. The molecule has 37 heavy (non-hydrogen) atoms. The third-order valence-corrected chi connectivity index (χ3v) is 7.65. The summed E-state index contributed by atoms with van der Waals surface area (Å²) in [5.74, 6) is 0.362. The molecule has 1 aromatic rings. The minimum Gasteiger partial charge on any atom is -0.444 e. The first kappa shape index (κ1) is 29.3. The number of carbonyl (C=O) groups is 3. The van der Waals surface area contributed by atoms with E-state index in [-0.39, 0.29) is 23.9 Å². The molecule has 7 nitrogen and oxygen atoms in total. The van der Waals surface area contributed by atoms with E-state index in [0.29, 0.717) is 12.2 Å². The number of benzene rings is 1. The van der Waals surface area contributed by atoms with Gasteiger partial charge in [0, 0.05) is 12.1 Å². The Morgan fingerprint density at radius 1 is 1.08 bits per heavy atom. The number of hydrogen-bond acceptors (Lipinski definition) is 5. The van der Waals surface area contributed by atoms with Crippen molar-refractivity contribution in [2.24, 2.45) is 0 Å². The van der Waals surface area contributed by atoms with E-state index in [1.54, 1.807) is 37.4 Å². The van der Waals surface area contributed by atoms with Crippen molar-refractivity contribution in [1.82, 2.24) is 15.5 Å². The van der Waals surface area contributed by atoms with Crippen LogP contribution in [0.1, 0.15) is 94.9 Å². The number of alkyl carbamates (subject to hydrolysis) is 1. The fourth-order valence-electron chi connectivity index (χ4n) is 4.99. The number of ether oxygens (including phenoxy) is 1. The maximum Gasteiger partial charge on any atom is 0.408 e. The SMILES string of the molecule is CSCCC(NC(=O)OC(C)(C)C)C(=O)N(C1CC1)C(C(=O)NC1CCCCC1)c1cc(C)ccc1C. The molecule has 3 rings (SSSR count). The molecule has 8 heteroatoms. The molecular weight excluding hydrogens is 486 g/mol. The first-order valence-electron chi connectivity index (χ1n) is 13.7. The summed E-state index contributed by atoms with van der Waals surface area (Å²) in [5.41, 5.74) is 2.21. The van der Waals surface area contributed by atoms with Crippen molar-refractivity contribution in [2.75, 3.05) is 12.0 Å². The van der Waals surface area contributed by atoms with Gasteiger partial charge < -0.3 is 20.3 Å². The van der Waals surface area contributed by atoms with Gasteiger partial charge in [-0.2, -0.15) is 11.8 Å². The molecule has 3 amide bonds. The summed E-state index contributed by atoms with van der Waals surface area (Å²) >= 11 is 1.62. The molecule has 2 saturated carbocycles. The molecule has 0 radical (unpaired) electrons. The number of hydrogen-bond donors (Lipinski definition) is 2. The highest BCUT2D eigenvalue weighted by Crippen LogP contribution is 2.37. The van der Waals surface area contributed by atoms with Gasteiger partial charge >= 0.3 is 6.09 Å². The molecule has 2 N–H and O–H groups in total. The number of nitrogens with zero attached hydrogens (tertiary/aromatic N) is 1. The van der Waals surface area contributed by atoms with Gasteiger partial charge in [0.15, 0.2) is 0 Å². The van der Waals surface area contributed by atoms with Gasteiger partial charge in [0.05, 0.1) is 0 Å². The lowest BCUT2D eigenvalue weighted by Gasteiger charge is -2.36. The Balaban J connectivity index is 1.95. The van der Waals surface area contributed by atoms with Crippen LogP contribution in [0.15, 0.2) is 18.2 Å². The van der Waals surface area contributed by atoms with Crippen LogP contribution in [0.2, 0.25) is 0 Å². The predicted octanol–water partition coefficient (Wildman–Crippen LogP) is 5.43. The summed E-state index contributed by atoms with van der Waals surface area (Å²) in [6, 6.07) is 4.69. The van der Waals surface area contributed by atoms with Crippen LogP contribution >= 0.6 is 11.8 Å². The zero-order valence-electron chi connectivity index (χ0n) is 23.4. The van der Waals surface area contributed by atoms with Crippen LogP contribution in [0, 0.1) is 13.8 Å². The number of amides is 3. The maximum absolute atomic E-state index is 14.2. The third kappa shape index (κ3) is 8.66. The quantitative estimate of drug-likeness (QED) is 0.420. The van der Waals surface area contributed by atoms with Gasteiger partial charge in [-0.05, 0) is 89.9 Å². The van der Waals surface area contributed by atoms with E-state index in [9.17, 15) is 14.4 Å². The predicted molar refractivity (Wildman–Crippen MR) is 150 cm³/mol. The van der Waals surface area contributed by atoms with Crippen molar-refractivity contribution in [2.45, 2.75) is 116 Å². The molecule has 2 fully saturated rings. The number of carbonyl (C=O) groups excluding carboxylic acids is 3. The summed E-state index contributed by atoms with van der Waals surface area (Å²) in [4.78, 5) is 42.6. The van der Waals surface area contributed by atoms with E-state index in [1.807, 2.05) is 38.3 Å². The Bertz CT molecular complexity index is 951. The van der Waals surface area contributed by atoms with E-state index in [4.69, 9.17) is 4.74 Å². The molecule has 0 heterocycles. The Labute approximate surface area is 226 Å². The van der Waals surface area contributed by atoms with E-state index in [2.05, 4.69) is 10.6 Å². The zero-order valence-corrected chi connectivity index (χ0v) is 24.2. The highest BCUT2D eigenvalue weighted by molar-refractivity contribution is 7.98. The van der Waals surface area contributed by atoms with Crippen LogP contribution < -0.4 is 10.6 Å². The summed E-state index contributed by atoms with van der Waals surface area (Å²) < 4.78 is 5.48. The highest BCUT2D eigenvalue weighted by Gasteiger charge is 2.44. The minimum atomic E-state index is -0.766. The van der Waals surface area contributed by atoms with E-state index in [0.717, 1.165) is 55.2 Å². The molecule has 0 bridgehead atoms. The first-order valence-corrected chi connectivity index (χ1v) is 15.1. The summed E-state index contributed by atoms with van der Waals surface area (Å²) in [7, 11) is 0. The van der Waals surface area contributed by atoms with E-state index < -0.39 is 23.8 Å². The molecular formula is C29H45N3O4S. The lowest BCUT2D eigenvalue weighted by Crippen LogP contribution is -2.54. The average molecular weight is 532 g/mol. The molecule has 0 saturated heterocycles.